The van der Waals surface area contributed by atoms with Crippen molar-refractivity contribution in [3.63, 3.8) is 0 Å². The molecule has 0 atom stereocenters. The zero-order valence-corrected chi connectivity index (χ0v) is 21.7. The van der Waals surface area contributed by atoms with Crippen LogP contribution in [0, 0.1) is 0 Å². The van der Waals surface area contributed by atoms with Gasteiger partial charge in [-0.15, -0.1) is 0 Å². The molecule has 0 aliphatic heterocycles. The van der Waals surface area contributed by atoms with Crippen molar-refractivity contribution in [1.29, 1.82) is 0 Å². The molecule has 0 aliphatic rings. The monoisotopic (exact) mass is 494 g/mol. The third kappa shape index (κ3) is 6.85. The lowest BCUT2D eigenvalue weighted by molar-refractivity contribution is 0.0951. The number of para-hydroxylation sites is 2. The topological polar surface area (TPSA) is 75.7 Å². The first-order valence-electron chi connectivity index (χ1n) is 11.9. The van der Waals surface area contributed by atoms with E-state index in [2.05, 4.69) is 37.4 Å². The first-order chi connectivity index (χ1) is 16.8. The number of hydrogen-bond acceptors (Lipinski definition) is 4. The summed E-state index contributed by atoms with van der Waals surface area (Å²) in [6.07, 6.45) is 3.04. The number of hydrogen-bond donors (Lipinski definition) is 1. The quantitative estimate of drug-likeness (QED) is 0.402. The largest absolute Gasteiger partial charge is 0.492 e. The summed E-state index contributed by atoms with van der Waals surface area (Å²) in [6, 6.07) is 20.5. The number of aryl methyl sites for hydroxylation is 2. The van der Waals surface area contributed by atoms with Crippen molar-refractivity contribution in [2.24, 2.45) is 0 Å². The molecular weight excluding hydrogens is 460 g/mol. The summed E-state index contributed by atoms with van der Waals surface area (Å²) in [7, 11) is -3.56. The summed E-state index contributed by atoms with van der Waals surface area (Å²) in [5.41, 5.74) is 5.39. The minimum Gasteiger partial charge on any atom is -0.492 e. The highest BCUT2D eigenvalue weighted by molar-refractivity contribution is 7.92. The second kappa shape index (κ2) is 11.9. The van der Waals surface area contributed by atoms with Gasteiger partial charge in [-0.2, -0.15) is 0 Å². The maximum Gasteiger partial charge on any atom is 0.251 e. The molecule has 7 heteroatoms. The van der Waals surface area contributed by atoms with Crippen LogP contribution in [0.5, 0.6) is 5.75 Å². The van der Waals surface area contributed by atoms with Crippen LogP contribution in [0.4, 0.5) is 5.69 Å². The van der Waals surface area contributed by atoms with Gasteiger partial charge < -0.3 is 10.1 Å². The molecule has 0 heterocycles. The fraction of sp³-hybridized carbons (Fsp3) is 0.321. The van der Waals surface area contributed by atoms with Crippen LogP contribution in [-0.4, -0.2) is 27.2 Å². The van der Waals surface area contributed by atoms with E-state index in [0.717, 1.165) is 24.0 Å². The Labute approximate surface area is 209 Å². The summed E-state index contributed by atoms with van der Waals surface area (Å²) in [4.78, 5) is 12.8. The smallest absolute Gasteiger partial charge is 0.251 e. The van der Waals surface area contributed by atoms with E-state index in [1.54, 1.807) is 42.5 Å². The number of carbonyl (C=O) groups excluding carboxylic acids is 1. The van der Waals surface area contributed by atoms with Gasteiger partial charge in [0.25, 0.3) is 5.91 Å². The lowest BCUT2D eigenvalue weighted by atomic mass is 10.0. The molecule has 186 valence electrons. The third-order valence-electron chi connectivity index (χ3n) is 5.88. The predicted octanol–water partition coefficient (Wildman–Crippen LogP) is 5.11. The zero-order valence-electron chi connectivity index (χ0n) is 20.9. The van der Waals surface area contributed by atoms with Crippen LogP contribution in [0.2, 0.25) is 0 Å². The number of ether oxygens (including phenoxy) is 1. The minimum absolute atomic E-state index is 0.133. The van der Waals surface area contributed by atoms with Gasteiger partial charge in [0.05, 0.1) is 25.1 Å². The Hall–Kier alpha value is -3.32. The van der Waals surface area contributed by atoms with Gasteiger partial charge in [-0.05, 0) is 66.3 Å². The Balaban J connectivity index is 1.74. The number of anilines is 1. The lowest BCUT2D eigenvalue weighted by Gasteiger charge is -2.24. The fourth-order valence-electron chi connectivity index (χ4n) is 3.94. The van der Waals surface area contributed by atoms with Crippen molar-refractivity contribution in [2.45, 2.75) is 46.7 Å². The van der Waals surface area contributed by atoms with Gasteiger partial charge in [-0.25, -0.2) is 8.42 Å². The van der Waals surface area contributed by atoms with E-state index >= 15 is 0 Å². The Kier molecular flexibility index (Phi) is 8.93. The molecule has 1 N–H and O–H groups in total. The average Bonchev–Trinajstić information content (AvgIpc) is 2.86. The van der Waals surface area contributed by atoms with E-state index in [-0.39, 0.29) is 12.5 Å². The molecule has 0 saturated carbocycles. The Morgan fingerprint density at radius 1 is 0.886 bits per heavy atom. The highest BCUT2D eigenvalue weighted by Crippen LogP contribution is 2.31. The van der Waals surface area contributed by atoms with Gasteiger partial charge in [0, 0.05) is 12.1 Å². The average molecular weight is 495 g/mol. The summed E-state index contributed by atoms with van der Waals surface area (Å²) in [5, 5.41) is 3.01. The van der Waals surface area contributed by atoms with Gasteiger partial charge in [-0.1, -0.05) is 56.3 Å². The van der Waals surface area contributed by atoms with Gasteiger partial charge in [-0.3, -0.25) is 9.10 Å². The first kappa shape index (κ1) is 26.3. The van der Waals surface area contributed by atoms with Crippen molar-refractivity contribution in [2.75, 3.05) is 17.2 Å². The standard InChI is InChI=1S/C28H34N2O4S/c1-5-21-12-15-23(6-2)25(18-21)19-29-28(31)24-16-13-22(14-17-24)20-30(35(4,32)33)26-10-8-9-11-27(26)34-7-3/h8-18H,5-7,19-20H2,1-4H3,(H,29,31). The van der Waals surface area contributed by atoms with E-state index in [1.807, 2.05) is 13.0 Å². The Morgan fingerprint density at radius 2 is 1.57 bits per heavy atom. The first-order valence-corrected chi connectivity index (χ1v) is 13.8. The maximum absolute atomic E-state index is 12.8. The van der Waals surface area contributed by atoms with Crippen molar-refractivity contribution in [3.8, 4) is 5.75 Å². The van der Waals surface area contributed by atoms with E-state index in [1.165, 1.54) is 21.7 Å². The Morgan fingerprint density at radius 3 is 2.20 bits per heavy atom. The van der Waals surface area contributed by atoms with E-state index in [4.69, 9.17) is 4.74 Å². The molecule has 6 nitrogen and oxygen atoms in total. The van der Waals surface area contributed by atoms with Crippen LogP contribution in [0.1, 0.15) is 53.4 Å². The molecular formula is C28H34N2O4S. The van der Waals surface area contributed by atoms with E-state index in [9.17, 15) is 13.2 Å². The summed E-state index contributed by atoms with van der Waals surface area (Å²) < 4.78 is 32.1. The predicted molar refractivity (Wildman–Crippen MR) is 141 cm³/mol. The molecule has 0 radical (unpaired) electrons. The van der Waals surface area contributed by atoms with Gasteiger partial charge in [0.2, 0.25) is 10.0 Å². The normalized spacial score (nSPS) is 11.2. The molecule has 3 rings (SSSR count). The molecule has 0 aromatic heterocycles. The van der Waals surface area contributed by atoms with E-state index < -0.39 is 10.0 Å². The molecule has 1 amide bonds. The lowest BCUT2D eigenvalue weighted by Crippen LogP contribution is -2.30. The van der Waals surface area contributed by atoms with Crippen LogP contribution in [0.15, 0.2) is 66.7 Å². The summed E-state index contributed by atoms with van der Waals surface area (Å²) in [6.45, 7) is 7.11. The number of amides is 1. The minimum atomic E-state index is -3.56. The molecule has 3 aromatic carbocycles. The molecule has 0 bridgehead atoms. The van der Waals surface area contributed by atoms with Crippen LogP contribution < -0.4 is 14.4 Å². The number of rotatable bonds is 11. The van der Waals surface area contributed by atoms with Crippen LogP contribution in [0.3, 0.4) is 0 Å². The van der Waals surface area contributed by atoms with Gasteiger partial charge in [0.1, 0.15) is 5.75 Å². The maximum atomic E-state index is 12.8. The zero-order chi connectivity index (χ0) is 25.4. The molecule has 0 unspecified atom stereocenters. The molecule has 3 aromatic rings. The number of sulfonamides is 1. The molecule has 0 saturated heterocycles. The van der Waals surface area contributed by atoms with Crippen LogP contribution in [0.25, 0.3) is 0 Å². The van der Waals surface area contributed by atoms with Crippen molar-refractivity contribution in [1.82, 2.24) is 5.32 Å². The SMILES string of the molecule is CCOc1ccccc1N(Cc1ccc(C(=O)NCc2cc(CC)ccc2CC)cc1)S(C)(=O)=O. The highest BCUT2D eigenvalue weighted by atomic mass is 32.2. The molecule has 0 spiro atoms. The summed E-state index contributed by atoms with van der Waals surface area (Å²) >= 11 is 0. The van der Waals surface area contributed by atoms with Gasteiger partial charge >= 0.3 is 0 Å². The highest BCUT2D eigenvalue weighted by Gasteiger charge is 2.21. The van der Waals surface area contributed by atoms with E-state index in [0.29, 0.717) is 30.2 Å². The number of carbonyl (C=O) groups is 1. The van der Waals surface area contributed by atoms with Crippen molar-refractivity contribution < 1.29 is 17.9 Å². The number of benzene rings is 3. The summed E-state index contributed by atoms with van der Waals surface area (Å²) in [5.74, 6) is 0.345. The van der Waals surface area contributed by atoms with Crippen LogP contribution >= 0.6 is 0 Å². The molecule has 0 aliphatic carbocycles. The Bertz CT molecular complexity index is 1250. The molecule has 0 fully saturated rings. The molecule has 35 heavy (non-hydrogen) atoms. The van der Waals surface area contributed by atoms with Gasteiger partial charge in [0.15, 0.2) is 0 Å². The third-order valence-corrected chi connectivity index (χ3v) is 7.00. The van der Waals surface area contributed by atoms with Crippen LogP contribution in [-0.2, 0) is 36.0 Å². The number of nitrogens with zero attached hydrogens (tertiary/aromatic N) is 1. The number of nitrogens with one attached hydrogen (secondary N) is 1. The second-order valence-corrected chi connectivity index (χ2v) is 10.3. The van der Waals surface area contributed by atoms with Crippen molar-refractivity contribution >= 4 is 21.6 Å². The fourth-order valence-corrected chi connectivity index (χ4v) is 4.83. The second-order valence-electron chi connectivity index (χ2n) is 8.36. The van der Waals surface area contributed by atoms with Crippen molar-refractivity contribution in [3.05, 3.63) is 94.5 Å².